The molecule has 8 heteroatoms. The van der Waals surface area contributed by atoms with Crippen LogP contribution in [-0.2, 0) is 21.0 Å². The lowest BCUT2D eigenvalue weighted by molar-refractivity contribution is -0.0321. The zero-order valence-corrected chi connectivity index (χ0v) is 13.5. The second kappa shape index (κ2) is 7.33. The Kier molecular flexibility index (Phi) is 5.72. The third-order valence-electron chi connectivity index (χ3n) is 3.63. The topological polar surface area (TPSA) is 88.2 Å². The van der Waals surface area contributed by atoms with Crippen LogP contribution in [0.2, 0.25) is 0 Å². The van der Waals surface area contributed by atoms with Crippen molar-refractivity contribution in [2.75, 3.05) is 37.7 Å². The monoisotopic (exact) mass is 316 g/mol. The number of hydrogen-bond acceptors (Lipinski definition) is 6. The van der Waals surface area contributed by atoms with Crippen LogP contribution in [0.25, 0.3) is 0 Å². The highest BCUT2D eigenvalue weighted by molar-refractivity contribution is 7.91. The summed E-state index contributed by atoms with van der Waals surface area (Å²) in [5, 5.41) is 7.14. The van der Waals surface area contributed by atoms with E-state index < -0.39 is 9.84 Å². The van der Waals surface area contributed by atoms with Crippen molar-refractivity contribution in [3.05, 3.63) is 11.6 Å². The Bertz CT molecular complexity index is 543. The van der Waals surface area contributed by atoms with E-state index in [2.05, 4.69) is 27.0 Å². The van der Waals surface area contributed by atoms with Crippen LogP contribution in [-0.4, -0.2) is 66.2 Å². The predicted octanol–water partition coefficient (Wildman–Crippen LogP) is 0.565. The molecule has 1 aliphatic heterocycles. The average molecular weight is 316 g/mol. The Morgan fingerprint density at radius 2 is 2.24 bits per heavy atom. The molecule has 1 aliphatic rings. The van der Waals surface area contributed by atoms with Gasteiger partial charge in [0.15, 0.2) is 15.7 Å². The Morgan fingerprint density at radius 3 is 2.95 bits per heavy atom. The first-order chi connectivity index (χ1) is 10.0. The molecule has 1 atom stereocenters. The van der Waals surface area contributed by atoms with Gasteiger partial charge in [-0.2, -0.15) is 5.10 Å². The van der Waals surface area contributed by atoms with E-state index in [4.69, 9.17) is 4.74 Å². The van der Waals surface area contributed by atoms with Crippen LogP contribution in [0.3, 0.4) is 0 Å². The third kappa shape index (κ3) is 4.76. The van der Waals surface area contributed by atoms with Gasteiger partial charge in [-0.3, -0.25) is 10.00 Å². The maximum Gasteiger partial charge on any atom is 0.180 e. The lowest BCUT2D eigenvalue weighted by Crippen LogP contribution is -2.41. The highest BCUT2D eigenvalue weighted by Gasteiger charge is 2.25. The quantitative estimate of drug-likeness (QED) is 0.791. The van der Waals surface area contributed by atoms with Crippen LogP contribution in [0.5, 0.6) is 0 Å². The van der Waals surface area contributed by atoms with Crippen LogP contribution in [0.15, 0.2) is 0 Å². The summed E-state index contributed by atoms with van der Waals surface area (Å²) in [5.41, 5.74) is 0. The van der Waals surface area contributed by atoms with Gasteiger partial charge in [0.05, 0.1) is 12.4 Å². The number of sulfone groups is 1. The molecule has 7 nitrogen and oxygen atoms in total. The average Bonchev–Trinajstić information content (AvgIpc) is 2.95. The maximum absolute atomic E-state index is 11.6. The SMILES string of the molecule is CCCc1nc(C2CN(CCS(=O)(=O)CC)CCO2)n[nH]1. The Hall–Kier alpha value is -0.990. The predicted molar refractivity (Wildman–Crippen MR) is 79.8 cm³/mol. The molecule has 1 aromatic rings. The lowest BCUT2D eigenvalue weighted by atomic mass is 10.2. The van der Waals surface area contributed by atoms with E-state index in [-0.39, 0.29) is 17.6 Å². The Balaban J connectivity index is 1.90. The minimum Gasteiger partial charge on any atom is -0.367 e. The number of nitrogens with one attached hydrogen (secondary N) is 1. The minimum atomic E-state index is -2.92. The molecule has 0 saturated carbocycles. The smallest absolute Gasteiger partial charge is 0.180 e. The molecule has 0 bridgehead atoms. The summed E-state index contributed by atoms with van der Waals surface area (Å²) in [6.07, 6.45) is 1.71. The molecular weight excluding hydrogens is 292 g/mol. The molecule has 120 valence electrons. The van der Waals surface area contributed by atoms with E-state index in [1.807, 2.05) is 0 Å². The summed E-state index contributed by atoms with van der Waals surface area (Å²) >= 11 is 0. The summed E-state index contributed by atoms with van der Waals surface area (Å²) in [7, 11) is -2.92. The summed E-state index contributed by atoms with van der Waals surface area (Å²) in [6, 6.07) is 0. The van der Waals surface area contributed by atoms with Crippen LogP contribution in [0.4, 0.5) is 0 Å². The molecule has 0 aromatic carbocycles. The molecular formula is C13H24N4O3S. The second-order valence-corrected chi connectivity index (χ2v) is 7.76. The Labute approximate surface area is 126 Å². The fourth-order valence-electron chi connectivity index (χ4n) is 2.28. The first kappa shape index (κ1) is 16.4. The van der Waals surface area contributed by atoms with E-state index in [9.17, 15) is 8.42 Å². The van der Waals surface area contributed by atoms with Gasteiger partial charge in [-0.15, -0.1) is 0 Å². The molecule has 1 fully saturated rings. The number of ether oxygens (including phenoxy) is 1. The van der Waals surface area contributed by atoms with Crippen molar-refractivity contribution >= 4 is 9.84 Å². The number of H-pyrrole nitrogens is 1. The van der Waals surface area contributed by atoms with Crippen molar-refractivity contribution in [1.82, 2.24) is 20.1 Å². The van der Waals surface area contributed by atoms with E-state index in [1.54, 1.807) is 6.92 Å². The standard InChI is InChI=1S/C13H24N4O3S/c1-3-5-12-14-13(16-15-12)11-10-17(6-8-20-11)7-9-21(18,19)4-2/h11H,3-10H2,1-2H3,(H,14,15,16). The highest BCUT2D eigenvalue weighted by atomic mass is 32.2. The van der Waals surface area contributed by atoms with Gasteiger partial charge in [0.1, 0.15) is 11.9 Å². The largest absolute Gasteiger partial charge is 0.367 e. The lowest BCUT2D eigenvalue weighted by Gasteiger charge is -2.31. The summed E-state index contributed by atoms with van der Waals surface area (Å²) < 4.78 is 28.9. The number of aryl methyl sites for hydroxylation is 1. The summed E-state index contributed by atoms with van der Waals surface area (Å²) in [4.78, 5) is 6.55. The van der Waals surface area contributed by atoms with Crippen LogP contribution in [0.1, 0.15) is 38.0 Å². The van der Waals surface area contributed by atoms with Crippen molar-refractivity contribution in [1.29, 1.82) is 0 Å². The second-order valence-electron chi connectivity index (χ2n) is 5.29. The van der Waals surface area contributed by atoms with Gasteiger partial charge in [0, 0.05) is 31.8 Å². The molecule has 1 unspecified atom stereocenters. The molecule has 1 N–H and O–H groups in total. The zero-order chi connectivity index (χ0) is 15.3. The fraction of sp³-hybridized carbons (Fsp3) is 0.846. The van der Waals surface area contributed by atoms with Crippen molar-refractivity contribution in [2.45, 2.75) is 32.8 Å². The van der Waals surface area contributed by atoms with Crippen molar-refractivity contribution < 1.29 is 13.2 Å². The zero-order valence-electron chi connectivity index (χ0n) is 12.7. The molecule has 1 saturated heterocycles. The molecule has 1 aromatic heterocycles. The van der Waals surface area contributed by atoms with Crippen molar-refractivity contribution in [3.63, 3.8) is 0 Å². The number of aromatic amines is 1. The van der Waals surface area contributed by atoms with Crippen LogP contribution in [0, 0.1) is 0 Å². The van der Waals surface area contributed by atoms with Gasteiger partial charge in [-0.25, -0.2) is 13.4 Å². The fourth-order valence-corrected chi connectivity index (χ4v) is 3.10. The van der Waals surface area contributed by atoms with Crippen molar-refractivity contribution in [3.8, 4) is 0 Å². The van der Waals surface area contributed by atoms with E-state index >= 15 is 0 Å². The van der Waals surface area contributed by atoms with Gasteiger partial charge < -0.3 is 4.74 Å². The van der Waals surface area contributed by atoms with E-state index in [1.165, 1.54) is 0 Å². The molecule has 0 spiro atoms. The van der Waals surface area contributed by atoms with Crippen molar-refractivity contribution in [2.24, 2.45) is 0 Å². The molecule has 0 radical (unpaired) electrons. The molecule has 0 aliphatic carbocycles. The molecule has 21 heavy (non-hydrogen) atoms. The molecule has 2 rings (SSSR count). The van der Waals surface area contributed by atoms with Gasteiger partial charge >= 0.3 is 0 Å². The summed E-state index contributed by atoms with van der Waals surface area (Å²) in [6.45, 7) is 6.29. The first-order valence-corrected chi connectivity index (χ1v) is 9.31. The van der Waals surface area contributed by atoms with Gasteiger partial charge in [-0.1, -0.05) is 13.8 Å². The van der Waals surface area contributed by atoms with Gasteiger partial charge in [-0.05, 0) is 6.42 Å². The maximum atomic E-state index is 11.6. The summed E-state index contributed by atoms with van der Waals surface area (Å²) in [5.74, 6) is 1.94. The first-order valence-electron chi connectivity index (χ1n) is 7.49. The number of hydrogen-bond donors (Lipinski definition) is 1. The van der Waals surface area contributed by atoms with Gasteiger partial charge in [0.25, 0.3) is 0 Å². The third-order valence-corrected chi connectivity index (χ3v) is 5.32. The van der Waals surface area contributed by atoms with Gasteiger partial charge in [0.2, 0.25) is 0 Å². The van der Waals surface area contributed by atoms with Crippen LogP contribution < -0.4 is 0 Å². The molecule has 0 amide bonds. The number of rotatable bonds is 7. The number of nitrogens with zero attached hydrogens (tertiary/aromatic N) is 3. The van der Waals surface area contributed by atoms with E-state index in [0.29, 0.717) is 25.5 Å². The Morgan fingerprint density at radius 1 is 1.43 bits per heavy atom. The minimum absolute atomic E-state index is 0.176. The van der Waals surface area contributed by atoms with E-state index in [0.717, 1.165) is 25.2 Å². The number of aromatic nitrogens is 3. The highest BCUT2D eigenvalue weighted by Crippen LogP contribution is 2.19. The normalized spacial score (nSPS) is 20.8. The molecule has 2 heterocycles. The van der Waals surface area contributed by atoms with Crippen LogP contribution >= 0.6 is 0 Å². The number of morpholine rings is 1.